The van der Waals surface area contributed by atoms with Gasteiger partial charge in [0.25, 0.3) is 0 Å². The van der Waals surface area contributed by atoms with E-state index >= 15 is 0 Å². The minimum Gasteiger partial charge on any atom is -0.341 e. The lowest BCUT2D eigenvalue weighted by Gasteiger charge is -2.32. The summed E-state index contributed by atoms with van der Waals surface area (Å²) in [7, 11) is 0. The van der Waals surface area contributed by atoms with E-state index < -0.39 is 0 Å². The molecule has 0 aromatic rings. The molecule has 2 aliphatic heterocycles. The molecule has 1 amide bonds. The van der Waals surface area contributed by atoms with Crippen LogP contribution in [0.3, 0.4) is 0 Å². The number of likely N-dealkylation sites (tertiary alicyclic amines) is 2. The van der Waals surface area contributed by atoms with Gasteiger partial charge in [-0.25, -0.2) is 0 Å². The summed E-state index contributed by atoms with van der Waals surface area (Å²) < 4.78 is 0. The molecule has 19 heavy (non-hydrogen) atoms. The summed E-state index contributed by atoms with van der Waals surface area (Å²) in [6, 6.07) is 0.883. The molecular weight excluding hydrogens is 238 g/mol. The van der Waals surface area contributed by atoms with E-state index in [-0.39, 0.29) is 12.0 Å². The Kier molecular flexibility index (Phi) is 4.08. The van der Waals surface area contributed by atoms with Gasteiger partial charge in [0, 0.05) is 31.1 Å². The Bertz CT molecular complexity index is 327. The Labute approximate surface area is 116 Å². The summed E-state index contributed by atoms with van der Waals surface area (Å²) in [6.07, 6.45) is 8.16. The van der Waals surface area contributed by atoms with Gasteiger partial charge in [-0.15, -0.1) is 0 Å². The van der Waals surface area contributed by atoms with Crippen LogP contribution in [-0.4, -0.2) is 54.0 Å². The monoisotopic (exact) mass is 265 g/mol. The average molecular weight is 265 g/mol. The lowest BCUT2D eigenvalue weighted by Crippen LogP contribution is -2.42. The second-order valence-electron chi connectivity index (χ2n) is 6.59. The summed E-state index contributed by atoms with van der Waals surface area (Å²) in [5.74, 6) is 0.600. The molecule has 3 rings (SSSR count). The van der Waals surface area contributed by atoms with Crippen LogP contribution in [0.1, 0.15) is 44.9 Å². The molecular formula is C15H27N3O. The Morgan fingerprint density at radius 1 is 1.00 bits per heavy atom. The lowest BCUT2D eigenvalue weighted by molar-refractivity contribution is -0.134. The van der Waals surface area contributed by atoms with Crippen molar-refractivity contribution < 1.29 is 4.79 Å². The van der Waals surface area contributed by atoms with E-state index in [1.54, 1.807) is 0 Å². The van der Waals surface area contributed by atoms with Crippen LogP contribution in [0.25, 0.3) is 0 Å². The fourth-order valence-corrected chi connectivity index (χ4v) is 4.02. The number of carbonyl (C=O) groups excluding carboxylic acids is 1. The number of hydrogen-bond donors (Lipinski definition) is 1. The molecule has 1 saturated carbocycles. The molecule has 3 aliphatic rings. The first-order valence-corrected chi connectivity index (χ1v) is 8.02. The third-order valence-corrected chi connectivity index (χ3v) is 5.20. The molecule has 0 radical (unpaired) electrons. The maximum atomic E-state index is 12.5. The normalized spacial score (nSPS) is 36.9. The number of carbonyl (C=O) groups is 1. The van der Waals surface area contributed by atoms with Crippen molar-refractivity contribution in [1.82, 2.24) is 9.80 Å². The molecule has 2 saturated heterocycles. The van der Waals surface area contributed by atoms with Crippen LogP contribution in [0.4, 0.5) is 0 Å². The van der Waals surface area contributed by atoms with Crippen molar-refractivity contribution in [3.05, 3.63) is 0 Å². The molecule has 0 aromatic heterocycles. The van der Waals surface area contributed by atoms with Gasteiger partial charge in [0.1, 0.15) is 0 Å². The van der Waals surface area contributed by atoms with Crippen molar-refractivity contribution in [1.29, 1.82) is 0 Å². The zero-order valence-electron chi connectivity index (χ0n) is 11.9. The fraction of sp³-hybridized carbons (Fsp3) is 0.933. The van der Waals surface area contributed by atoms with Gasteiger partial charge in [0.2, 0.25) is 5.91 Å². The molecule has 3 unspecified atom stereocenters. The van der Waals surface area contributed by atoms with Gasteiger partial charge < -0.3 is 10.6 Å². The first kappa shape index (κ1) is 13.4. The van der Waals surface area contributed by atoms with E-state index in [1.807, 2.05) is 0 Å². The number of hydrogen-bond acceptors (Lipinski definition) is 3. The predicted molar refractivity (Wildman–Crippen MR) is 75.7 cm³/mol. The Morgan fingerprint density at radius 3 is 2.47 bits per heavy atom. The van der Waals surface area contributed by atoms with Crippen molar-refractivity contribution in [3.63, 3.8) is 0 Å². The molecule has 2 heterocycles. The predicted octanol–water partition coefficient (Wildman–Crippen LogP) is 1.20. The van der Waals surface area contributed by atoms with E-state index in [1.165, 1.54) is 38.8 Å². The highest BCUT2D eigenvalue weighted by Gasteiger charge is 2.36. The SMILES string of the molecule is NC1CCC(C(=O)N2CCC(N3CCCCC3)C2)C1. The summed E-state index contributed by atoms with van der Waals surface area (Å²) in [6.45, 7) is 4.40. The van der Waals surface area contributed by atoms with Crippen LogP contribution in [0.2, 0.25) is 0 Å². The molecule has 4 heteroatoms. The molecule has 0 spiro atoms. The van der Waals surface area contributed by atoms with Gasteiger partial charge >= 0.3 is 0 Å². The highest BCUT2D eigenvalue weighted by Crippen LogP contribution is 2.28. The number of nitrogens with zero attached hydrogens (tertiary/aromatic N) is 2. The largest absolute Gasteiger partial charge is 0.341 e. The molecule has 1 aliphatic carbocycles. The number of rotatable bonds is 2. The standard InChI is InChI=1S/C15H27N3O/c16-13-5-4-12(10-13)15(19)18-9-6-14(11-18)17-7-2-1-3-8-17/h12-14H,1-11,16H2. The van der Waals surface area contributed by atoms with Crippen LogP contribution in [0, 0.1) is 5.92 Å². The van der Waals surface area contributed by atoms with Crippen molar-refractivity contribution in [2.75, 3.05) is 26.2 Å². The molecule has 0 aromatic carbocycles. The number of nitrogens with two attached hydrogens (primary N) is 1. The third kappa shape index (κ3) is 2.95. The highest BCUT2D eigenvalue weighted by atomic mass is 16.2. The van der Waals surface area contributed by atoms with E-state index in [4.69, 9.17) is 5.73 Å². The van der Waals surface area contributed by atoms with Gasteiger partial charge in [-0.3, -0.25) is 9.69 Å². The van der Waals surface area contributed by atoms with E-state index in [0.717, 1.165) is 32.4 Å². The quantitative estimate of drug-likeness (QED) is 0.816. The van der Waals surface area contributed by atoms with E-state index in [9.17, 15) is 4.79 Å². The Morgan fingerprint density at radius 2 is 1.79 bits per heavy atom. The van der Waals surface area contributed by atoms with Crippen LogP contribution < -0.4 is 5.73 Å². The van der Waals surface area contributed by atoms with Crippen LogP contribution in [-0.2, 0) is 4.79 Å². The van der Waals surface area contributed by atoms with Gasteiger partial charge in [-0.05, 0) is 51.6 Å². The number of amides is 1. The van der Waals surface area contributed by atoms with Crippen LogP contribution in [0.15, 0.2) is 0 Å². The Hall–Kier alpha value is -0.610. The molecule has 108 valence electrons. The van der Waals surface area contributed by atoms with Crippen molar-refractivity contribution in [2.45, 2.75) is 57.0 Å². The molecule has 2 N–H and O–H groups in total. The molecule has 0 bridgehead atoms. The molecule has 3 fully saturated rings. The lowest BCUT2D eigenvalue weighted by atomic mass is 10.1. The van der Waals surface area contributed by atoms with Crippen molar-refractivity contribution in [3.8, 4) is 0 Å². The fourth-order valence-electron chi connectivity index (χ4n) is 4.02. The summed E-state index contributed by atoms with van der Waals surface area (Å²) in [4.78, 5) is 17.2. The maximum absolute atomic E-state index is 12.5. The van der Waals surface area contributed by atoms with Gasteiger partial charge in [0.15, 0.2) is 0 Å². The highest BCUT2D eigenvalue weighted by molar-refractivity contribution is 5.79. The minimum absolute atomic E-state index is 0.218. The molecule has 4 nitrogen and oxygen atoms in total. The number of piperidine rings is 1. The minimum atomic E-state index is 0.218. The summed E-state index contributed by atoms with van der Waals surface area (Å²) in [5, 5.41) is 0. The summed E-state index contributed by atoms with van der Waals surface area (Å²) >= 11 is 0. The first-order chi connectivity index (χ1) is 9.24. The average Bonchev–Trinajstić information content (AvgIpc) is 3.08. The van der Waals surface area contributed by atoms with Crippen LogP contribution >= 0.6 is 0 Å². The smallest absolute Gasteiger partial charge is 0.225 e. The summed E-state index contributed by atoms with van der Waals surface area (Å²) in [5.41, 5.74) is 5.93. The third-order valence-electron chi connectivity index (χ3n) is 5.20. The van der Waals surface area contributed by atoms with Crippen LogP contribution in [0.5, 0.6) is 0 Å². The van der Waals surface area contributed by atoms with E-state index in [2.05, 4.69) is 9.80 Å². The first-order valence-electron chi connectivity index (χ1n) is 8.02. The Balaban J connectivity index is 1.52. The van der Waals surface area contributed by atoms with E-state index in [0.29, 0.717) is 11.9 Å². The zero-order valence-corrected chi connectivity index (χ0v) is 11.9. The second-order valence-corrected chi connectivity index (χ2v) is 6.59. The molecule has 3 atom stereocenters. The van der Waals surface area contributed by atoms with Crippen molar-refractivity contribution >= 4 is 5.91 Å². The van der Waals surface area contributed by atoms with Crippen molar-refractivity contribution in [2.24, 2.45) is 11.7 Å². The maximum Gasteiger partial charge on any atom is 0.225 e. The topological polar surface area (TPSA) is 49.6 Å². The van der Waals surface area contributed by atoms with Gasteiger partial charge in [-0.1, -0.05) is 6.42 Å². The van der Waals surface area contributed by atoms with Gasteiger partial charge in [0.05, 0.1) is 0 Å². The zero-order chi connectivity index (χ0) is 13.2. The second kappa shape index (κ2) is 5.80. The van der Waals surface area contributed by atoms with Gasteiger partial charge in [-0.2, -0.15) is 0 Å².